The number of carbonyl (C=O) groups excluding carboxylic acids is 2. The Bertz CT molecular complexity index is 757. The van der Waals surface area contributed by atoms with Crippen molar-refractivity contribution in [3.05, 3.63) is 69.8 Å². The number of anilines is 1. The Morgan fingerprint density at radius 2 is 1.83 bits per heavy atom. The first-order valence-corrected chi connectivity index (χ1v) is 7.35. The highest BCUT2D eigenvalue weighted by molar-refractivity contribution is 6.04. The van der Waals surface area contributed by atoms with E-state index in [4.69, 9.17) is 0 Å². The van der Waals surface area contributed by atoms with Gasteiger partial charge in [0, 0.05) is 36.9 Å². The lowest BCUT2D eigenvalue weighted by atomic mass is 10.1. The molecule has 0 aliphatic heterocycles. The number of nitro benzene ring substituents is 1. The van der Waals surface area contributed by atoms with E-state index in [9.17, 15) is 19.7 Å². The maximum atomic E-state index is 12.1. The first-order chi connectivity index (χ1) is 11.5. The van der Waals surface area contributed by atoms with Crippen molar-refractivity contribution in [1.29, 1.82) is 0 Å². The molecule has 2 aromatic rings. The van der Waals surface area contributed by atoms with Crippen molar-refractivity contribution in [2.75, 3.05) is 12.4 Å². The van der Waals surface area contributed by atoms with Crippen LogP contribution in [-0.4, -0.2) is 23.8 Å². The largest absolute Gasteiger partial charge is 0.359 e. The van der Waals surface area contributed by atoms with E-state index in [1.54, 1.807) is 19.2 Å². The monoisotopic (exact) mass is 327 g/mol. The molecule has 7 nitrogen and oxygen atoms in total. The Morgan fingerprint density at radius 1 is 1.12 bits per heavy atom. The zero-order valence-electron chi connectivity index (χ0n) is 13.1. The van der Waals surface area contributed by atoms with Gasteiger partial charge in [0.1, 0.15) is 0 Å². The third-order valence-electron chi connectivity index (χ3n) is 3.45. The second-order valence-electron chi connectivity index (χ2n) is 5.13. The van der Waals surface area contributed by atoms with Gasteiger partial charge in [0.05, 0.1) is 4.92 Å². The van der Waals surface area contributed by atoms with E-state index in [1.165, 1.54) is 24.3 Å². The van der Waals surface area contributed by atoms with Crippen molar-refractivity contribution in [3.63, 3.8) is 0 Å². The van der Waals surface area contributed by atoms with Gasteiger partial charge in [-0.2, -0.15) is 0 Å². The van der Waals surface area contributed by atoms with Gasteiger partial charge in [-0.05, 0) is 30.2 Å². The number of carbonyl (C=O) groups is 2. The lowest BCUT2D eigenvalue weighted by Crippen LogP contribution is -2.17. The topological polar surface area (TPSA) is 101 Å². The smallest absolute Gasteiger partial charge is 0.270 e. The van der Waals surface area contributed by atoms with Crippen LogP contribution in [0, 0.1) is 10.1 Å². The third-order valence-corrected chi connectivity index (χ3v) is 3.45. The number of nitro groups is 1. The summed E-state index contributed by atoms with van der Waals surface area (Å²) in [4.78, 5) is 33.6. The summed E-state index contributed by atoms with van der Waals surface area (Å²) in [5.74, 6) is -0.449. The van der Waals surface area contributed by atoms with Crippen LogP contribution in [-0.2, 0) is 11.2 Å². The van der Waals surface area contributed by atoms with Crippen LogP contribution in [0.3, 0.4) is 0 Å². The predicted octanol–water partition coefficient (Wildman–Crippen LogP) is 2.53. The van der Waals surface area contributed by atoms with Crippen LogP contribution >= 0.6 is 0 Å². The minimum absolute atomic E-state index is 0.0296. The van der Waals surface area contributed by atoms with Gasteiger partial charge in [-0.25, -0.2) is 0 Å². The lowest BCUT2D eigenvalue weighted by molar-refractivity contribution is -0.384. The van der Waals surface area contributed by atoms with Gasteiger partial charge in [0.2, 0.25) is 5.91 Å². The van der Waals surface area contributed by atoms with Gasteiger partial charge in [0.15, 0.2) is 0 Å². The van der Waals surface area contributed by atoms with Crippen LogP contribution < -0.4 is 10.6 Å². The van der Waals surface area contributed by atoms with Crippen LogP contribution in [0.1, 0.15) is 22.3 Å². The molecule has 7 heteroatoms. The van der Waals surface area contributed by atoms with Crippen LogP contribution in [0.5, 0.6) is 0 Å². The molecule has 24 heavy (non-hydrogen) atoms. The minimum Gasteiger partial charge on any atom is -0.359 e. The summed E-state index contributed by atoms with van der Waals surface area (Å²) in [6, 6.07) is 12.7. The van der Waals surface area contributed by atoms with E-state index in [2.05, 4.69) is 10.6 Å². The van der Waals surface area contributed by atoms with Crippen LogP contribution in [0.2, 0.25) is 0 Å². The fourth-order valence-corrected chi connectivity index (χ4v) is 2.10. The summed E-state index contributed by atoms with van der Waals surface area (Å²) in [5, 5.41) is 16.0. The van der Waals surface area contributed by atoms with Gasteiger partial charge in [0.25, 0.3) is 11.6 Å². The number of hydrogen-bond donors (Lipinski definition) is 2. The molecular weight excluding hydrogens is 310 g/mol. The van der Waals surface area contributed by atoms with E-state index in [1.807, 2.05) is 12.1 Å². The number of aryl methyl sites for hydroxylation is 1. The molecule has 0 saturated carbocycles. The molecule has 0 aliphatic carbocycles. The van der Waals surface area contributed by atoms with Crippen LogP contribution in [0.4, 0.5) is 11.4 Å². The Labute approximate surface area is 138 Å². The zero-order valence-corrected chi connectivity index (χ0v) is 13.1. The van der Waals surface area contributed by atoms with Crippen molar-refractivity contribution in [2.24, 2.45) is 0 Å². The first-order valence-electron chi connectivity index (χ1n) is 7.35. The number of nitrogens with zero attached hydrogens (tertiary/aromatic N) is 1. The van der Waals surface area contributed by atoms with Crippen LogP contribution in [0.15, 0.2) is 48.5 Å². The molecule has 0 atom stereocenters. The molecule has 0 aromatic heterocycles. The molecule has 0 bridgehead atoms. The molecule has 0 unspecified atom stereocenters. The number of non-ortho nitro benzene ring substituents is 1. The van der Waals surface area contributed by atoms with Crippen molar-refractivity contribution in [2.45, 2.75) is 12.8 Å². The average molecular weight is 327 g/mol. The second kappa shape index (κ2) is 7.87. The van der Waals surface area contributed by atoms with Gasteiger partial charge >= 0.3 is 0 Å². The Kier molecular flexibility index (Phi) is 5.62. The molecular formula is C17H17N3O4. The Morgan fingerprint density at radius 3 is 2.46 bits per heavy atom. The predicted molar refractivity (Wildman–Crippen MR) is 89.9 cm³/mol. The van der Waals surface area contributed by atoms with Gasteiger partial charge in [-0.15, -0.1) is 0 Å². The van der Waals surface area contributed by atoms with Gasteiger partial charge < -0.3 is 10.6 Å². The number of benzene rings is 2. The third kappa shape index (κ3) is 4.64. The first kappa shape index (κ1) is 17.1. The van der Waals surface area contributed by atoms with E-state index in [0.29, 0.717) is 18.5 Å². The molecule has 0 saturated heterocycles. The highest BCUT2D eigenvalue weighted by atomic mass is 16.6. The standard InChI is InChI=1S/C17H17N3O4/c1-18-16(21)10-7-12-5-8-14(9-6-12)19-17(22)13-3-2-4-15(11-13)20(23)24/h2-6,8-9,11H,7,10H2,1H3,(H,18,21)(H,19,22). The summed E-state index contributed by atoms with van der Waals surface area (Å²) in [6.07, 6.45) is 1.01. The van der Waals surface area contributed by atoms with Crippen molar-refractivity contribution in [3.8, 4) is 0 Å². The maximum Gasteiger partial charge on any atom is 0.270 e. The summed E-state index contributed by atoms with van der Waals surface area (Å²) in [7, 11) is 1.59. The van der Waals surface area contributed by atoms with E-state index in [-0.39, 0.29) is 17.2 Å². The molecule has 0 heterocycles. The quantitative estimate of drug-likeness (QED) is 0.628. The fraction of sp³-hybridized carbons (Fsp3) is 0.176. The number of rotatable bonds is 6. The van der Waals surface area contributed by atoms with Crippen molar-refractivity contribution < 1.29 is 14.5 Å². The molecule has 0 aliphatic rings. The van der Waals surface area contributed by atoms with E-state index >= 15 is 0 Å². The Balaban J connectivity index is 2.00. The van der Waals surface area contributed by atoms with E-state index in [0.717, 1.165) is 5.56 Å². The zero-order chi connectivity index (χ0) is 17.5. The highest BCUT2D eigenvalue weighted by Crippen LogP contribution is 2.16. The summed E-state index contributed by atoms with van der Waals surface area (Å²) < 4.78 is 0. The Hall–Kier alpha value is -3.22. The summed E-state index contributed by atoms with van der Waals surface area (Å²) in [6.45, 7) is 0. The van der Waals surface area contributed by atoms with Gasteiger partial charge in [-0.1, -0.05) is 18.2 Å². The molecule has 0 fully saturated rings. The molecule has 2 rings (SSSR count). The summed E-state index contributed by atoms with van der Waals surface area (Å²) in [5.41, 5.74) is 1.64. The molecule has 0 spiro atoms. The number of hydrogen-bond acceptors (Lipinski definition) is 4. The van der Waals surface area contributed by atoms with Crippen molar-refractivity contribution in [1.82, 2.24) is 5.32 Å². The molecule has 2 amide bonds. The second-order valence-corrected chi connectivity index (χ2v) is 5.13. The molecule has 2 aromatic carbocycles. The normalized spacial score (nSPS) is 10.0. The average Bonchev–Trinajstić information content (AvgIpc) is 2.60. The van der Waals surface area contributed by atoms with E-state index < -0.39 is 10.8 Å². The molecule has 2 N–H and O–H groups in total. The number of amides is 2. The van der Waals surface area contributed by atoms with Gasteiger partial charge in [-0.3, -0.25) is 19.7 Å². The maximum absolute atomic E-state index is 12.1. The summed E-state index contributed by atoms with van der Waals surface area (Å²) >= 11 is 0. The van der Waals surface area contributed by atoms with Crippen molar-refractivity contribution >= 4 is 23.2 Å². The number of nitrogens with one attached hydrogen (secondary N) is 2. The molecule has 124 valence electrons. The SMILES string of the molecule is CNC(=O)CCc1ccc(NC(=O)c2cccc([N+](=O)[O-])c2)cc1. The highest BCUT2D eigenvalue weighted by Gasteiger charge is 2.11. The van der Waals surface area contributed by atoms with Crippen LogP contribution in [0.25, 0.3) is 0 Å². The minimum atomic E-state index is -0.544. The fourth-order valence-electron chi connectivity index (χ4n) is 2.10. The molecule has 0 radical (unpaired) electrons. The lowest BCUT2D eigenvalue weighted by Gasteiger charge is -2.07.